The van der Waals surface area contributed by atoms with Crippen LogP contribution in [0.15, 0.2) is 71.6 Å². The molecule has 1 aliphatic rings. The third-order valence-electron chi connectivity index (χ3n) is 5.76. The molecule has 3 unspecified atom stereocenters. The van der Waals surface area contributed by atoms with Gasteiger partial charge in [0.05, 0.1) is 23.1 Å². The number of carbonyl (C=O) groups is 1. The smallest absolute Gasteiger partial charge is 0.251 e. The van der Waals surface area contributed by atoms with Crippen LogP contribution in [-0.4, -0.2) is 43.9 Å². The molecular weight excluding hydrogens is 424 g/mol. The number of sulfonamides is 1. The third kappa shape index (κ3) is 4.70. The molecule has 0 aromatic heterocycles. The Balaban J connectivity index is 1.46. The summed E-state index contributed by atoms with van der Waals surface area (Å²) in [6.07, 6.45) is -0.314. The minimum absolute atomic E-state index is 0.157. The van der Waals surface area contributed by atoms with Gasteiger partial charge in [-0.25, -0.2) is 8.42 Å². The van der Waals surface area contributed by atoms with E-state index in [4.69, 9.17) is 4.74 Å². The van der Waals surface area contributed by atoms with E-state index in [1.165, 1.54) is 16.4 Å². The minimum Gasteiger partial charge on any atom is -0.373 e. The van der Waals surface area contributed by atoms with Crippen molar-refractivity contribution in [2.75, 3.05) is 13.1 Å². The first-order valence-electron chi connectivity index (χ1n) is 10.8. The maximum absolute atomic E-state index is 13.0. The van der Waals surface area contributed by atoms with Crippen LogP contribution in [0.3, 0.4) is 0 Å². The molecule has 0 saturated carbocycles. The highest BCUT2D eigenvalue weighted by Crippen LogP contribution is 2.23. The summed E-state index contributed by atoms with van der Waals surface area (Å²) in [5.41, 5.74) is 1.42. The van der Waals surface area contributed by atoms with Crippen LogP contribution in [0.25, 0.3) is 10.8 Å². The van der Waals surface area contributed by atoms with E-state index in [0.29, 0.717) is 18.7 Å². The quantitative estimate of drug-likeness (QED) is 0.632. The Morgan fingerprint density at radius 2 is 1.59 bits per heavy atom. The van der Waals surface area contributed by atoms with E-state index in [-0.39, 0.29) is 29.1 Å². The molecule has 3 aromatic carbocycles. The molecule has 3 aromatic rings. The molecule has 1 heterocycles. The van der Waals surface area contributed by atoms with Gasteiger partial charge in [-0.15, -0.1) is 0 Å². The molecule has 4 rings (SSSR count). The fourth-order valence-electron chi connectivity index (χ4n) is 4.09. The molecular formula is C25H28N2O4S. The summed E-state index contributed by atoms with van der Waals surface area (Å²) in [7, 11) is -3.64. The largest absolute Gasteiger partial charge is 0.373 e. The maximum Gasteiger partial charge on any atom is 0.251 e. The number of morpholine rings is 1. The molecule has 0 bridgehead atoms. The number of ether oxygens (including phenoxy) is 1. The number of carbonyl (C=O) groups excluding carboxylic acids is 1. The SMILES string of the molecule is CC1CN(S(=O)(=O)c2ccc(C(=O)NC(C)c3ccc4ccccc4c3)cc2)CC(C)O1. The lowest BCUT2D eigenvalue weighted by atomic mass is 10.0. The number of amides is 1. The fourth-order valence-corrected chi connectivity index (χ4v) is 5.69. The Morgan fingerprint density at radius 3 is 2.25 bits per heavy atom. The number of nitrogens with one attached hydrogen (secondary N) is 1. The standard InChI is InChI=1S/C25H28N2O4S/c1-17-15-27(16-18(2)31-17)32(29,30)24-12-10-21(11-13-24)25(28)26-19(3)22-9-8-20-6-4-5-7-23(20)14-22/h4-14,17-19H,15-16H2,1-3H3,(H,26,28). The van der Waals surface area contributed by atoms with Crippen LogP contribution >= 0.6 is 0 Å². The lowest BCUT2D eigenvalue weighted by Gasteiger charge is -2.34. The van der Waals surface area contributed by atoms with Gasteiger partial charge in [0.15, 0.2) is 0 Å². The van der Waals surface area contributed by atoms with E-state index in [2.05, 4.69) is 17.4 Å². The van der Waals surface area contributed by atoms with E-state index in [1.54, 1.807) is 12.1 Å². The Morgan fingerprint density at radius 1 is 0.969 bits per heavy atom. The topological polar surface area (TPSA) is 75.7 Å². The molecule has 1 amide bonds. The molecule has 0 radical (unpaired) electrons. The van der Waals surface area contributed by atoms with Crippen molar-refractivity contribution in [3.05, 3.63) is 77.9 Å². The van der Waals surface area contributed by atoms with Gasteiger partial charge < -0.3 is 10.1 Å². The second-order valence-corrected chi connectivity index (χ2v) is 10.3. The average Bonchev–Trinajstić information content (AvgIpc) is 2.78. The van der Waals surface area contributed by atoms with E-state index < -0.39 is 10.0 Å². The van der Waals surface area contributed by atoms with Crippen molar-refractivity contribution in [3.8, 4) is 0 Å². The van der Waals surface area contributed by atoms with Crippen molar-refractivity contribution in [2.24, 2.45) is 0 Å². The van der Waals surface area contributed by atoms with Crippen molar-refractivity contribution in [1.29, 1.82) is 0 Å². The van der Waals surface area contributed by atoms with Gasteiger partial charge >= 0.3 is 0 Å². The van der Waals surface area contributed by atoms with Gasteiger partial charge in [-0.2, -0.15) is 4.31 Å². The molecule has 1 saturated heterocycles. The molecule has 1 aliphatic heterocycles. The molecule has 1 N–H and O–H groups in total. The number of nitrogens with zero attached hydrogens (tertiary/aromatic N) is 1. The van der Waals surface area contributed by atoms with Crippen LogP contribution in [0.2, 0.25) is 0 Å². The van der Waals surface area contributed by atoms with Crippen LogP contribution in [0.1, 0.15) is 42.7 Å². The molecule has 7 heteroatoms. The summed E-state index contributed by atoms with van der Waals surface area (Å²) < 4.78 is 33.1. The Hall–Kier alpha value is -2.74. The lowest BCUT2D eigenvalue weighted by Crippen LogP contribution is -2.48. The van der Waals surface area contributed by atoms with Gasteiger partial charge in [0.2, 0.25) is 10.0 Å². The zero-order chi connectivity index (χ0) is 22.9. The van der Waals surface area contributed by atoms with Crippen LogP contribution < -0.4 is 5.32 Å². The van der Waals surface area contributed by atoms with E-state index in [1.807, 2.05) is 51.1 Å². The van der Waals surface area contributed by atoms with Crippen molar-refractivity contribution in [2.45, 2.75) is 43.9 Å². The number of benzene rings is 3. The Bertz CT molecular complexity index is 1210. The highest BCUT2D eigenvalue weighted by molar-refractivity contribution is 7.89. The van der Waals surface area contributed by atoms with Crippen LogP contribution in [0, 0.1) is 0 Å². The van der Waals surface area contributed by atoms with Gasteiger partial charge in [-0.1, -0.05) is 36.4 Å². The molecule has 0 spiro atoms. The van der Waals surface area contributed by atoms with Crippen LogP contribution in [0.5, 0.6) is 0 Å². The van der Waals surface area contributed by atoms with Crippen molar-refractivity contribution in [3.63, 3.8) is 0 Å². The van der Waals surface area contributed by atoms with Gasteiger partial charge in [-0.3, -0.25) is 4.79 Å². The van der Waals surface area contributed by atoms with Crippen molar-refractivity contribution >= 4 is 26.7 Å². The summed E-state index contributed by atoms with van der Waals surface area (Å²) in [4.78, 5) is 12.9. The van der Waals surface area contributed by atoms with Crippen LogP contribution in [0.4, 0.5) is 0 Å². The van der Waals surface area contributed by atoms with Crippen molar-refractivity contribution in [1.82, 2.24) is 9.62 Å². The third-order valence-corrected chi connectivity index (χ3v) is 7.61. The zero-order valence-corrected chi connectivity index (χ0v) is 19.3. The Labute approximate surface area is 189 Å². The summed E-state index contributed by atoms with van der Waals surface area (Å²) >= 11 is 0. The van der Waals surface area contributed by atoms with Crippen LogP contribution in [-0.2, 0) is 14.8 Å². The molecule has 1 fully saturated rings. The monoisotopic (exact) mass is 452 g/mol. The predicted octanol–water partition coefficient (Wildman–Crippen LogP) is 4.13. The molecule has 32 heavy (non-hydrogen) atoms. The minimum atomic E-state index is -3.64. The first kappa shape index (κ1) is 22.5. The molecule has 168 valence electrons. The summed E-state index contributed by atoms with van der Waals surface area (Å²) in [6.45, 7) is 6.29. The predicted molar refractivity (Wildman–Crippen MR) is 125 cm³/mol. The molecule has 3 atom stereocenters. The second kappa shape index (κ2) is 9.02. The Kier molecular flexibility index (Phi) is 6.33. The normalized spacial score (nSPS) is 20.7. The van der Waals surface area contributed by atoms with Gasteiger partial charge in [0, 0.05) is 18.7 Å². The first-order valence-corrected chi connectivity index (χ1v) is 12.2. The van der Waals surface area contributed by atoms with E-state index in [0.717, 1.165) is 16.3 Å². The van der Waals surface area contributed by atoms with Gasteiger partial charge in [0.1, 0.15) is 0 Å². The lowest BCUT2D eigenvalue weighted by molar-refractivity contribution is -0.0440. The number of rotatable bonds is 5. The molecule has 0 aliphatic carbocycles. The molecule has 6 nitrogen and oxygen atoms in total. The van der Waals surface area contributed by atoms with Gasteiger partial charge in [-0.05, 0) is 67.4 Å². The average molecular weight is 453 g/mol. The van der Waals surface area contributed by atoms with E-state index in [9.17, 15) is 13.2 Å². The highest BCUT2D eigenvalue weighted by Gasteiger charge is 2.32. The maximum atomic E-state index is 13.0. The van der Waals surface area contributed by atoms with Gasteiger partial charge in [0.25, 0.3) is 5.91 Å². The summed E-state index contributed by atoms with van der Waals surface area (Å²) in [6, 6.07) is 20.1. The number of hydrogen-bond acceptors (Lipinski definition) is 4. The van der Waals surface area contributed by atoms with E-state index >= 15 is 0 Å². The zero-order valence-electron chi connectivity index (χ0n) is 18.5. The summed E-state index contributed by atoms with van der Waals surface area (Å²) in [5, 5.41) is 5.26. The highest BCUT2D eigenvalue weighted by atomic mass is 32.2. The number of hydrogen-bond donors (Lipinski definition) is 1. The fraction of sp³-hybridized carbons (Fsp3) is 0.320. The first-order chi connectivity index (χ1) is 15.2. The second-order valence-electron chi connectivity index (χ2n) is 8.41. The summed E-state index contributed by atoms with van der Waals surface area (Å²) in [5.74, 6) is -0.247. The van der Waals surface area contributed by atoms with Crippen molar-refractivity contribution < 1.29 is 17.9 Å². The number of fused-ring (bicyclic) bond motifs is 1.